The highest BCUT2D eigenvalue weighted by atomic mass is 14.7. The van der Waals surface area contributed by atoms with Gasteiger partial charge in [-0.05, 0) is 65.6 Å². The Bertz CT molecular complexity index is 723. The summed E-state index contributed by atoms with van der Waals surface area (Å²) in [4.78, 5) is 4.30. The molecule has 106 valence electrons. The lowest BCUT2D eigenvalue weighted by atomic mass is 9.93. The molecule has 0 saturated carbocycles. The van der Waals surface area contributed by atoms with Crippen LogP contribution in [0.5, 0.6) is 0 Å². The van der Waals surface area contributed by atoms with Crippen LogP contribution in [0.4, 0.5) is 0 Å². The maximum absolute atomic E-state index is 4.30. The number of aliphatic imine (C=N–C) groups is 1. The largest absolute Gasteiger partial charge is 1.00 e. The maximum atomic E-state index is 4.30. The SMILES string of the molecule is CC=NCCCCc1c2ccccc2cc2ccccc12.[H+]. The Hall–Kier alpha value is -2.15. The number of hydrogen-bond acceptors (Lipinski definition) is 1. The minimum atomic E-state index is 0. The first-order valence-corrected chi connectivity index (χ1v) is 7.74. The number of hydrogen-bond donors (Lipinski definition) is 0. The topological polar surface area (TPSA) is 12.4 Å². The molecule has 0 heterocycles. The van der Waals surface area contributed by atoms with Gasteiger partial charge in [0.15, 0.2) is 0 Å². The lowest BCUT2D eigenvalue weighted by molar-refractivity contribution is 0.752. The molecule has 3 aromatic rings. The van der Waals surface area contributed by atoms with E-state index < -0.39 is 0 Å². The minimum Gasteiger partial charge on any atom is -0.298 e. The van der Waals surface area contributed by atoms with Crippen LogP contribution in [0.2, 0.25) is 0 Å². The molecule has 0 amide bonds. The van der Waals surface area contributed by atoms with E-state index in [0.717, 1.165) is 19.4 Å². The molecule has 0 fully saturated rings. The molecular weight excluding hydrogens is 254 g/mol. The normalized spacial score (nSPS) is 11.7. The Morgan fingerprint density at radius 3 is 2.14 bits per heavy atom. The zero-order valence-electron chi connectivity index (χ0n) is 13.5. The molecule has 21 heavy (non-hydrogen) atoms. The minimum absolute atomic E-state index is 0. The number of nitrogens with zero attached hydrogens (tertiary/aromatic N) is 1. The molecule has 0 aromatic heterocycles. The second kappa shape index (κ2) is 6.53. The van der Waals surface area contributed by atoms with E-state index in [1.165, 1.54) is 33.5 Å². The van der Waals surface area contributed by atoms with Gasteiger partial charge in [0.25, 0.3) is 0 Å². The van der Waals surface area contributed by atoms with Crippen LogP contribution in [0.15, 0.2) is 59.6 Å². The highest BCUT2D eigenvalue weighted by molar-refractivity contribution is 6.02. The van der Waals surface area contributed by atoms with Gasteiger partial charge in [0.05, 0.1) is 0 Å². The third-order valence-electron chi connectivity index (χ3n) is 4.03. The molecule has 0 aliphatic carbocycles. The third kappa shape index (κ3) is 2.97. The number of benzene rings is 3. The van der Waals surface area contributed by atoms with Crippen LogP contribution in [-0.4, -0.2) is 12.8 Å². The van der Waals surface area contributed by atoms with Crippen LogP contribution < -0.4 is 0 Å². The summed E-state index contributed by atoms with van der Waals surface area (Å²) < 4.78 is 0. The third-order valence-corrected chi connectivity index (χ3v) is 4.03. The summed E-state index contributed by atoms with van der Waals surface area (Å²) in [6.45, 7) is 2.93. The fourth-order valence-corrected chi connectivity index (χ4v) is 3.01. The number of fused-ring (bicyclic) bond motifs is 2. The Balaban J connectivity index is 0.00000176. The molecule has 0 saturated heterocycles. The predicted octanol–water partition coefficient (Wildman–Crippen LogP) is 5.52. The van der Waals surface area contributed by atoms with Crippen LogP contribution in [0.3, 0.4) is 0 Å². The molecule has 3 aromatic carbocycles. The second-order valence-electron chi connectivity index (χ2n) is 5.42. The summed E-state index contributed by atoms with van der Waals surface area (Å²) in [5, 5.41) is 5.49. The quantitative estimate of drug-likeness (QED) is 0.330. The average Bonchev–Trinajstić information content (AvgIpc) is 2.53. The molecule has 0 atom stereocenters. The first-order chi connectivity index (χ1) is 10.4. The van der Waals surface area contributed by atoms with Gasteiger partial charge in [-0.3, -0.25) is 4.99 Å². The van der Waals surface area contributed by atoms with Gasteiger partial charge >= 0.3 is 1.43 Å². The zero-order valence-corrected chi connectivity index (χ0v) is 12.5. The summed E-state index contributed by atoms with van der Waals surface area (Å²) in [5.41, 5.74) is 1.49. The summed E-state index contributed by atoms with van der Waals surface area (Å²) >= 11 is 0. The van der Waals surface area contributed by atoms with E-state index in [-0.39, 0.29) is 1.43 Å². The van der Waals surface area contributed by atoms with Crippen molar-refractivity contribution in [1.29, 1.82) is 0 Å². The molecule has 0 bridgehead atoms. The van der Waals surface area contributed by atoms with Crippen molar-refractivity contribution in [3.05, 3.63) is 60.2 Å². The van der Waals surface area contributed by atoms with Crippen molar-refractivity contribution < 1.29 is 1.43 Å². The van der Waals surface area contributed by atoms with Gasteiger partial charge in [0.2, 0.25) is 0 Å². The lowest BCUT2D eigenvalue weighted by Gasteiger charge is -2.11. The van der Waals surface area contributed by atoms with Gasteiger partial charge in [0, 0.05) is 6.54 Å². The van der Waals surface area contributed by atoms with Gasteiger partial charge in [0.1, 0.15) is 0 Å². The van der Waals surface area contributed by atoms with Crippen LogP contribution in [-0.2, 0) is 6.42 Å². The molecule has 0 radical (unpaired) electrons. The average molecular weight is 276 g/mol. The molecule has 0 N–H and O–H groups in total. The van der Waals surface area contributed by atoms with E-state index in [2.05, 4.69) is 59.6 Å². The van der Waals surface area contributed by atoms with E-state index in [1.54, 1.807) is 0 Å². The van der Waals surface area contributed by atoms with E-state index in [9.17, 15) is 0 Å². The van der Waals surface area contributed by atoms with Crippen LogP contribution in [0, 0.1) is 0 Å². The molecule has 0 unspecified atom stereocenters. The first kappa shape index (κ1) is 13.8. The molecule has 1 heteroatoms. The standard InChI is InChI=1S/C20H21N/c1-2-21-14-8-7-13-20-18-11-5-3-9-16(18)15-17-10-4-6-12-19(17)20/h2-6,9-12,15H,7-8,13-14H2,1H3/p+1. The van der Waals surface area contributed by atoms with Gasteiger partial charge in [-0.25, -0.2) is 0 Å². The van der Waals surface area contributed by atoms with Gasteiger partial charge in [-0.15, -0.1) is 0 Å². The number of rotatable bonds is 5. The Morgan fingerprint density at radius 2 is 1.52 bits per heavy atom. The van der Waals surface area contributed by atoms with E-state index >= 15 is 0 Å². The van der Waals surface area contributed by atoms with E-state index in [1.807, 2.05) is 13.1 Å². The lowest BCUT2D eigenvalue weighted by Crippen LogP contribution is -1.92. The molecule has 3 rings (SSSR count). The van der Waals surface area contributed by atoms with E-state index in [4.69, 9.17) is 0 Å². The summed E-state index contributed by atoms with van der Waals surface area (Å²) in [6.07, 6.45) is 5.37. The van der Waals surface area contributed by atoms with Crippen LogP contribution in [0.1, 0.15) is 26.8 Å². The zero-order chi connectivity index (χ0) is 14.5. The highest BCUT2D eigenvalue weighted by Gasteiger charge is 2.06. The van der Waals surface area contributed by atoms with Crippen molar-refractivity contribution >= 4 is 27.8 Å². The van der Waals surface area contributed by atoms with Crippen molar-refractivity contribution in [2.75, 3.05) is 6.54 Å². The highest BCUT2D eigenvalue weighted by Crippen LogP contribution is 2.29. The summed E-state index contributed by atoms with van der Waals surface area (Å²) in [6, 6.07) is 19.8. The summed E-state index contributed by atoms with van der Waals surface area (Å²) in [7, 11) is 0. The number of unbranched alkanes of at least 4 members (excludes halogenated alkanes) is 1. The maximum Gasteiger partial charge on any atom is 1.00 e. The van der Waals surface area contributed by atoms with Crippen molar-refractivity contribution in [2.45, 2.75) is 26.2 Å². The van der Waals surface area contributed by atoms with Gasteiger partial charge < -0.3 is 0 Å². The van der Waals surface area contributed by atoms with Crippen molar-refractivity contribution in [3.8, 4) is 0 Å². The van der Waals surface area contributed by atoms with Crippen molar-refractivity contribution in [3.63, 3.8) is 0 Å². The fraction of sp³-hybridized carbons (Fsp3) is 0.250. The fourth-order valence-electron chi connectivity index (χ4n) is 3.01. The molecular formula is C20H22N+. The molecule has 0 aliphatic heterocycles. The molecule has 1 nitrogen and oxygen atoms in total. The van der Waals surface area contributed by atoms with Crippen molar-refractivity contribution in [2.24, 2.45) is 4.99 Å². The molecule has 0 aliphatic rings. The molecule has 0 spiro atoms. The summed E-state index contributed by atoms with van der Waals surface area (Å²) in [5.74, 6) is 0. The van der Waals surface area contributed by atoms with Crippen molar-refractivity contribution in [1.82, 2.24) is 0 Å². The number of aryl methyl sites for hydroxylation is 1. The van der Waals surface area contributed by atoms with E-state index in [0.29, 0.717) is 0 Å². The second-order valence-corrected chi connectivity index (χ2v) is 5.42. The predicted molar refractivity (Wildman–Crippen MR) is 94.5 cm³/mol. The van der Waals surface area contributed by atoms with Crippen LogP contribution >= 0.6 is 0 Å². The Kier molecular flexibility index (Phi) is 4.30. The Labute approximate surface area is 127 Å². The first-order valence-electron chi connectivity index (χ1n) is 7.74. The van der Waals surface area contributed by atoms with Gasteiger partial charge in [-0.2, -0.15) is 0 Å². The Morgan fingerprint density at radius 1 is 0.905 bits per heavy atom. The van der Waals surface area contributed by atoms with Crippen LogP contribution in [0.25, 0.3) is 21.5 Å². The monoisotopic (exact) mass is 276 g/mol. The smallest absolute Gasteiger partial charge is 0.298 e. The van der Waals surface area contributed by atoms with Gasteiger partial charge in [-0.1, -0.05) is 48.5 Å².